The monoisotopic (exact) mass is 167 g/mol. The molecule has 3 heteroatoms. The highest BCUT2D eigenvalue weighted by atomic mass is 32.1. The maximum Gasteiger partial charge on any atom is 0.0810 e. The van der Waals surface area contributed by atoms with Gasteiger partial charge in [0.05, 0.1) is 10.2 Å². The SMILES string of the molecule is Sc1cnc2ccsc2c1. The zero-order chi connectivity index (χ0) is 6.97. The predicted molar refractivity (Wildman–Crippen MR) is 46.9 cm³/mol. The van der Waals surface area contributed by atoms with Gasteiger partial charge in [0.2, 0.25) is 0 Å². The van der Waals surface area contributed by atoms with E-state index in [2.05, 4.69) is 17.6 Å². The van der Waals surface area contributed by atoms with Gasteiger partial charge in [0.25, 0.3) is 0 Å². The van der Waals surface area contributed by atoms with Crippen molar-refractivity contribution >= 4 is 34.2 Å². The molecule has 0 bridgehead atoms. The fourth-order valence-electron chi connectivity index (χ4n) is 0.836. The van der Waals surface area contributed by atoms with Crippen molar-refractivity contribution in [1.82, 2.24) is 4.98 Å². The van der Waals surface area contributed by atoms with E-state index < -0.39 is 0 Å². The lowest BCUT2D eigenvalue weighted by Gasteiger charge is -1.88. The Balaban J connectivity index is 2.86. The standard InChI is InChI=1S/C7H5NS2/c9-5-3-7-6(8-4-5)1-2-10-7/h1-4,9H. The van der Waals surface area contributed by atoms with Crippen LogP contribution in [-0.2, 0) is 0 Å². The highest BCUT2D eigenvalue weighted by Crippen LogP contribution is 2.20. The van der Waals surface area contributed by atoms with Gasteiger partial charge in [-0.05, 0) is 17.5 Å². The first kappa shape index (κ1) is 6.19. The van der Waals surface area contributed by atoms with Gasteiger partial charge in [-0.2, -0.15) is 0 Å². The van der Waals surface area contributed by atoms with Gasteiger partial charge in [0.1, 0.15) is 0 Å². The molecule has 0 radical (unpaired) electrons. The summed E-state index contributed by atoms with van der Waals surface area (Å²) >= 11 is 5.87. The second-order valence-electron chi connectivity index (χ2n) is 2.00. The average molecular weight is 167 g/mol. The van der Waals surface area contributed by atoms with Crippen LogP contribution < -0.4 is 0 Å². The number of nitrogens with zero attached hydrogens (tertiary/aromatic N) is 1. The van der Waals surface area contributed by atoms with Crippen molar-refractivity contribution in [1.29, 1.82) is 0 Å². The van der Waals surface area contributed by atoms with E-state index in [1.807, 2.05) is 17.5 Å². The van der Waals surface area contributed by atoms with Gasteiger partial charge in [0, 0.05) is 11.1 Å². The Morgan fingerprint density at radius 1 is 1.50 bits per heavy atom. The average Bonchev–Trinajstić information content (AvgIpc) is 2.33. The van der Waals surface area contributed by atoms with Crippen molar-refractivity contribution < 1.29 is 0 Å². The van der Waals surface area contributed by atoms with Crippen LogP contribution >= 0.6 is 24.0 Å². The van der Waals surface area contributed by atoms with Crippen molar-refractivity contribution in [3.63, 3.8) is 0 Å². The quantitative estimate of drug-likeness (QED) is 0.595. The number of pyridine rings is 1. The summed E-state index contributed by atoms with van der Waals surface area (Å²) < 4.78 is 1.20. The maximum absolute atomic E-state index is 4.18. The van der Waals surface area contributed by atoms with Crippen LogP contribution in [0.4, 0.5) is 0 Å². The second-order valence-corrected chi connectivity index (χ2v) is 3.46. The lowest BCUT2D eigenvalue weighted by Crippen LogP contribution is -1.70. The van der Waals surface area contributed by atoms with Crippen LogP contribution in [0.2, 0.25) is 0 Å². The van der Waals surface area contributed by atoms with Crippen molar-refractivity contribution in [3.05, 3.63) is 23.7 Å². The van der Waals surface area contributed by atoms with E-state index in [0.29, 0.717) is 0 Å². The third-order valence-electron chi connectivity index (χ3n) is 1.29. The van der Waals surface area contributed by atoms with Gasteiger partial charge >= 0.3 is 0 Å². The first-order valence-electron chi connectivity index (χ1n) is 2.88. The van der Waals surface area contributed by atoms with E-state index in [1.165, 1.54) is 4.70 Å². The number of rotatable bonds is 0. The molecule has 0 amide bonds. The molecule has 0 fully saturated rings. The molecule has 0 saturated heterocycles. The largest absolute Gasteiger partial charge is 0.254 e. The normalized spacial score (nSPS) is 10.5. The maximum atomic E-state index is 4.18. The van der Waals surface area contributed by atoms with Crippen molar-refractivity contribution in [2.24, 2.45) is 0 Å². The first-order chi connectivity index (χ1) is 4.86. The minimum Gasteiger partial charge on any atom is -0.254 e. The Hall–Kier alpha value is -0.540. The van der Waals surface area contributed by atoms with Crippen LogP contribution in [0.15, 0.2) is 28.6 Å². The van der Waals surface area contributed by atoms with Crippen LogP contribution in [0, 0.1) is 0 Å². The van der Waals surface area contributed by atoms with E-state index in [4.69, 9.17) is 0 Å². The van der Waals surface area contributed by atoms with Gasteiger partial charge in [-0.1, -0.05) is 0 Å². The molecule has 2 aromatic heterocycles. The number of hydrogen-bond acceptors (Lipinski definition) is 3. The first-order valence-corrected chi connectivity index (χ1v) is 4.21. The summed E-state index contributed by atoms with van der Waals surface area (Å²) in [4.78, 5) is 5.10. The molecular weight excluding hydrogens is 162 g/mol. The molecule has 2 rings (SSSR count). The Labute approximate surface area is 68.1 Å². The molecule has 0 aliphatic rings. The minimum absolute atomic E-state index is 0.926. The van der Waals surface area contributed by atoms with Crippen LogP contribution in [0.3, 0.4) is 0 Å². The topological polar surface area (TPSA) is 12.9 Å². The van der Waals surface area contributed by atoms with Crippen LogP contribution in [0.25, 0.3) is 10.2 Å². The summed E-state index contributed by atoms with van der Waals surface area (Å²) in [5, 5.41) is 2.03. The molecule has 10 heavy (non-hydrogen) atoms. The van der Waals surface area contributed by atoms with E-state index in [0.717, 1.165) is 10.4 Å². The Morgan fingerprint density at radius 2 is 2.40 bits per heavy atom. The molecule has 0 saturated carbocycles. The Bertz CT molecular complexity index is 353. The van der Waals surface area contributed by atoms with Crippen LogP contribution in [-0.4, -0.2) is 4.98 Å². The zero-order valence-electron chi connectivity index (χ0n) is 5.11. The number of aromatic nitrogens is 1. The summed E-state index contributed by atoms with van der Waals surface area (Å²) in [5.74, 6) is 0. The highest BCUT2D eigenvalue weighted by molar-refractivity contribution is 7.80. The molecule has 2 aromatic rings. The minimum atomic E-state index is 0.926. The van der Waals surface area contributed by atoms with Crippen LogP contribution in [0.1, 0.15) is 0 Å². The molecule has 0 N–H and O–H groups in total. The van der Waals surface area contributed by atoms with Gasteiger partial charge < -0.3 is 0 Å². The fourth-order valence-corrected chi connectivity index (χ4v) is 1.89. The van der Waals surface area contributed by atoms with E-state index in [-0.39, 0.29) is 0 Å². The zero-order valence-corrected chi connectivity index (χ0v) is 6.82. The molecule has 0 unspecified atom stereocenters. The summed E-state index contributed by atoms with van der Waals surface area (Å²) in [6, 6.07) is 4.03. The van der Waals surface area contributed by atoms with Crippen molar-refractivity contribution in [3.8, 4) is 0 Å². The third-order valence-corrected chi connectivity index (χ3v) is 2.39. The van der Waals surface area contributed by atoms with Crippen LogP contribution in [0.5, 0.6) is 0 Å². The molecule has 0 atom stereocenters. The Morgan fingerprint density at radius 3 is 3.30 bits per heavy atom. The van der Waals surface area contributed by atoms with Crippen molar-refractivity contribution in [2.45, 2.75) is 4.90 Å². The lowest BCUT2D eigenvalue weighted by atomic mass is 10.4. The molecule has 0 aliphatic heterocycles. The summed E-state index contributed by atoms with van der Waals surface area (Å²) in [7, 11) is 0. The van der Waals surface area contributed by atoms with Gasteiger partial charge in [0.15, 0.2) is 0 Å². The lowest BCUT2D eigenvalue weighted by molar-refractivity contribution is 1.32. The van der Waals surface area contributed by atoms with E-state index in [1.54, 1.807) is 17.5 Å². The number of thiol groups is 1. The number of thiophene rings is 1. The molecule has 1 nitrogen and oxygen atoms in total. The van der Waals surface area contributed by atoms with Gasteiger partial charge in [-0.25, -0.2) is 0 Å². The number of fused-ring (bicyclic) bond motifs is 1. The second kappa shape index (κ2) is 2.25. The molecule has 0 aliphatic carbocycles. The smallest absolute Gasteiger partial charge is 0.0810 e. The van der Waals surface area contributed by atoms with Gasteiger partial charge in [-0.15, -0.1) is 24.0 Å². The molecule has 2 heterocycles. The molecule has 0 spiro atoms. The fraction of sp³-hybridized carbons (Fsp3) is 0. The third kappa shape index (κ3) is 0.914. The predicted octanol–water partition coefficient (Wildman–Crippen LogP) is 2.59. The number of hydrogen-bond donors (Lipinski definition) is 1. The van der Waals surface area contributed by atoms with E-state index in [9.17, 15) is 0 Å². The van der Waals surface area contributed by atoms with Gasteiger partial charge in [-0.3, -0.25) is 4.98 Å². The highest BCUT2D eigenvalue weighted by Gasteiger charge is 1.93. The molecule has 50 valence electrons. The Kier molecular flexibility index (Phi) is 1.39. The summed E-state index contributed by atoms with van der Waals surface area (Å²) in [6.07, 6.45) is 1.76. The molecular formula is C7H5NS2. The van der Waals surface area contributed by atoms with Crippen molar-refractivity contribution in [2.75, 3.05) is 0 Å². The molecule has 0 aromatic carbocycles. The summed E-state index contributed by atoms with van der Waals surface area (Å²) in [5.41, 5.74) is 1.06. The van der Waals surface area contributed by atoms with E-state index >= 15 is 0 Å². The summed E-state index contributed by atoms with van der Waals surface area (Å²) in [6.45, 7) is 0.